The zero-order chi connectivity index (χ0) is 23.6. The van der Waals surface area contributed by atoms with Crippen molar-refractivity contribution in [2.24, 2.45) is 10.4 Å². The Bertz CT molecular complexity index is 701. The maximum atomic E-state index is 12.0. The Morgan fingerprint density at radius 2 is 1.87 bits per heavy atom. The molecule has 0 aliphatic carbocycles. The Morgan fingerprint density at radius 1 is 1.23 bits per heavy atom. The fourth-order valence-corrected chi connectivity index (χ4v) is 4.90. The molecule has 2 aliphatic rings. The minimum atomic E-state index is -2.02. The number of rotatable bonds is 5. The van der Waals surface area contributed by atoms with Gasteiger partial charge in [0.15, 0.2) is 13.5 Å². The number of aliphatic hydroxyl groups excluding tert-OH is 2. The highest BCUT2D eigenvalue weighted by Crippen LogP contribution is 2.39. The lowest BCUT2D eigenvalue weighted by Gasteiger charge is -2.41. The summed E-state index contributed by atoms with van der Waals surface area (Å²) in [6.07, 6.45) is 0.236. The molecule has 0 aromatic carbocycles. The van der Waals surface area contributed by atoms with E-state index in [1.807, 2.05) is 6.08 Å². The molecule has 31 heavy (non-hydrogen) atoms. The van der Waals surface area contributed by atoms with E-state index in [4.69, 9.17) is 13.9 Å². The number of amidine groups is 1. The molecule has 2 heterocycles. The third kappa shape index (κ3) is 7.30. The molecule has 0 saturated carbocycles. The van der Waals surface area contributed by atoms with Crippen LogP contribution in [0.25, 0.3) is 0 Å². The lowest BCUT2D eigenvalue weighted by atomic mass is 9.96. The third-order valence-electron chi connectivity index (χ3n) is 5.71. The van der Waals surface area contributed by atoms with Gasteiger partial charge in [-0.05, 0) is 23.5 Å². The number of nitrogens with zero attached hydrogens (tertiary/aromatic N) is 1. The molecule has 0 radical (unpaired) electrons. The molecule has 10 heteroatoms. The largest absolute Gasteiger partial charge is 0.445 e. The van der Waals surface area contributed by atoms with E-state index in [1.165, 1.54) is 11.8 Å². The van der Waals surface area contributed by atoms with Crippen molar-refractivity contribution < 1.29 is 28.9 Å². The molecule has 178 valence electrons. The molecular weight excluding hydrogens is 436 g/mol. The fraction of sp³-hybridized carbons (Fsp3) is 0.810. The van der Waals surface area contributed by atoms with Gasteiger partial charge in [-0.3, -0.25) is 10.3 Å². The molecule has 0 spiro atoms. The van der Waals surface area contributed by atoms with Crippen LogP contribution >= 0.6 is 11.8 Å². The second kappa shape index (κ2) is 9.92. The average Bonchev–Trinajstić information content (AvgIpc) is 3.01. The highest BCUT2D eigenvalue weighted by molar-refractivity contribution is 8.14. The number of carbonyl (C=O) groups excluding carboxylic acids is 1. The predicted octanol–water partition coefficient (Wildman–Crippen LogP) is 3.25. The monoisotopic (exact) mass is 474 g/mol. The molecular formula is C21H38N2O6SSi. The summed E-state index contributed by atoms with van der Waals surface area (Å²) >= 11 is 1.20. The summed E-state index contributed by atoms with van der Waals surface area (Å²) < 4.78 is 17.3. The van der Waals surface area contributed by atoms with Gasteiger partial charge in [0.2, 0.25) is 0 Å². The number of nitrogens with one attached hydrogen (secondary N) is 1. The van der Waals surface area contributed by atoms with Gasteiger partial charge >= 0.3 is 6.09 Å². The maximum Gasteiger partial charge on any atom is 0.413 e. The summed E-state index contributed by atoms with van der Waals surface area (Å²) in [4.78, 5) is 16.3. The molecule has 1 fully saturated rings. The zero-order valence-corrected chi connectivity index (χ0v) is 21.7. The van der Waals surface area contributed by atoms with Crippen molar-refractivity contribution in [2.45, 2.75) is 89.5 Å². The van der Waals surface area contributed by atoms with Gasteiger partial charge < -0.3 is 24.1 Å². The number of amides is 1. The number of ether oxygens (including phenoxy) is 2. The van der Waals surface area contributed by atoms with Gasteiger partial charge in [-0.15, -0.1) is 0 Å². The second-order valence-electron chi connectivity index (χ2n) is 10.6. The molecule has 0 bridgehead atoms. The summed E-state index contributed by atoms with van der Waals surface area (Å²) in [5.41, 5.74) is -0.498. The smallest absolute Gasteiger partial charge is 0.413 e. The van der Waals surface area contributed by atoms with E-state index >= 15 is 0 Å². The first kappa shape index (κ1) is 26.3. The van der Waals surface area contributed by atoms with Crippen LogP contribution < -0.4 is 5.32 Å². The van der Waals surface area contributed by atoms with Crippen molar-refractivity contribution >= 4 is 31.3 Å². The van der Waals surface area contributed by atoms with Crippen molar-refractivity contribution in [3.8, 4) is 0 Å². The van der Waals surface area contributed by atoms with Gasteiger partial charge in [0.05, 0.1) is 6.61 Å². The number of alkyl carbamates (subject to hydrolysis) is 1. The molecule has 2 rings (SSSR count). The predicted molar refractivity (Wildman–Crippen MR) is 126 cm³/mol. The van der Waals surface area contributed by atoms with Crippen molar-refractivity contribution in [1.29, 1.82) is 0 Å². The number of aliphatic hydroxyl groups is 2. The number of allylic oxidation sites excluding steroid dienone is 1. The molecule has 1 amide bonds. The van der Waals surface area contributed by atoms with E-state index in [9.17, 15) is 15.0 Å². The van der Waals surface area contributed by atoms with E-state index in [0.29, 0.717) is 5.17 Å². The molecule has 0 aromatic rings. The summed E-state index contributed by atoms with van der Waals surface area (Å²) in [6.45, 7) is 17.2. The second-order valence-corrected chi connectivity index (χ2v) is 16.5. The van der Waals surface area contributed by atoms with Crippen LogP contribution in [-0.2, 0) is 13.9 Å². The molecule has 0 unspecified atom stereocenters. The Morgan fingerprint density at radius 3 is 2.45 bits per heavy atom. The number of carbonyl (C=O) groups is 1. The Kier molecular flexibility index (Phi) is 8.43. The van der Waals surface area contributed by atoms with E-state index in [0.717, 1.165) is 0 Å². The lowest BCUT2D eigenvalue weighted by molar-refractivity contribution is -0.162. The topological polar surface area (TPSA) is 110 Å². The highest BCUT2D eigenvalue weighted by Gasteiger charge is 2.49. The van der Waals surface area contributed by atoms with Gasteiger partial charge in [0, 0.05) is 0 Å². The van der Waals surface area contributed by atoms with Crippen LogP contribution in [0, 0.1) is 5.41 Å². The lowest BCUT2D eigenvalue weighted by Crippen LogP contribution is -2.57. The molecule has 8 nitrogen and oxygen atoms in total. The van der Waals surface area contributed by atoms with Crippen LogP contribution in [0.5, 0.6) is 0 Å². The Balaban J connectivity index is 1.89. The number of hydrogen-bond acceptors (Lipinski definition) is 8. The first-order valence-corrected chi connectivity index (χ1v) is 14.4. The van der Waals surface area contributed by atoms with Crippen molar-refractivity contribution in [1.82, 2.24) is 5.32 Å². The summed E-state index contributed by atoms with van der Waals surface area (Å²) in [7, 11) is -2.02. The van der Waals surface area contributed by atoms with Gasteiger partial charge in [0.1, 0.15) is 36.4 Å². The first-order chi connectivity index (χ1) is 14.1. The standard InChI is InChI=1S/C21H38N2O6SSi/c1-20(2,3)10-9-11-27-19(26)23-18-22-14-16(25)15(24)13(29-17(14)30-18)12-28-31(7,8)21(4,5)6/h9-10,13-17,24-25H,11-12H2,1-8H3,(H,22,23,26)/t13-,14-,15-,16-,17-/m1/s1. The fourth-order valence-electron chi connectivity index (χ4n) is 2.78. The van der Waals surface area contributed by atoms with Crippen LogP contribution in [-0.4, -0.2) is 72.8 Å². The Labute approximate surface area is 191 Å². The minimum absolute atomic E-state index is 0.0140. The third-order valence-corrected chi connectivity index (χ3v) is 11.3. The van der Waals surface area contributed by atoms with Gasteiger partial charge in [0.25, 0.3) is 0 Å². The number of fused-ring (bicyclic) bond motifs is 1. The summed E-state index contributed by atoms with van der Waals surface area (Å²) in [5.74, 6) is 0. The minimum Gasteiger partial charge on any atom is -0.445 e. The molecule has 2 aliphatic heterocycles. The molecule has 0 aromatic heterocycles. The molecule has 3 N–H and O–H groups in total. The van der Waals surface area contributed by atoms with Crippen molar-refractivity contribution in [3.05, 3.63) is 12.2 Å². The quantitative estimate of drug-likeness (QED) is 0.414. The maximum absolute atomic E-state index is 12.0. The van der Waals surface area contributed by atoms with Crippen LogP contribution in [0.2, 0.25) is 18.1 Å². The van der Waals surface area contributed by atoms with E-state index in [2.05, 4.69) is 64.9 Å². The van der Waals surface area contributed by atoms with Crippen molar-refractivity contribution in [3.63, 3.8) is 0 Å². The molecule has 5 atom stereocenters. The molecule has 1 saturated heterocycles. The van der Waals surface area contributed by atoms with Crippen LogP contribution in [0.4, 0.5) is 4.79 Å². The van der Waals surface area contributed by atoms with Gasteiger partial charge in [-0.1, -0.05) is 65.5 Å². The van der Waals surface area contributed by atoms with Crippen molar-refractivity contribution in [2.75, 3.05) is 13.2 Å². The SMILES string of the molecule is CC(C)(C)C=CCOC(=O)NC1=N[C@@H]2[C@@H](O)[C@H](O)[C@@H](CO[Si](C)(C)C(C)(C)C)O[C@@H]2S1. The summed E-state index contributed by atoms with van der Waals surface area (Å²) in [6, 6.07) is -0.666. The van der Waals surface area contributed by atoms with E-state index < -0.39 is 44.2 Å². The zero-order valence-electron chi connectivity index (χ0n) is 19.8. The summed E-state index contributed by atoms with van der Waals surface area (Å²) in [5, 5.41) is 24.0. The average molecular weight is 475 g/mol. The number of hydrogen-bond donors (Lipinski definition) is 3. The van der Waals surface area contributed by atoms with Crippen LogP contribution in [0.3, 0.4) is 0 Å². The van der Waals surface area contributed by atoms with Crippen LogP contribution in [0.15, 0.2) is 17.1 Å². The normalized spacial score (nSPS) is 29.6. The highest BCUT2D eigenvalue weighted by atomic mass is 32.2. The number of aliphatic imine (C=N–C) groups is 1. The van der Waals surface area contributed by atoms with E-state index in [1.54, 1.807) is 6.08 Å². The van der Waals surface area contributed by atoms with E-state index in [-0.39, 0.29) is 23.7 Å². The van der Waals surface area contributed by atoms with Gasteiger partial charge in [-0.25, -0.2) is 4.79 Å². The Hall–Kier alpha value is -0.913. The van der Waals surface area contributed by atoms with Gasteiger partial charge in [-0.2, -0.15) is 0 Å². The first-order valence-electron chi connectivity index (χ1n) is 10.6. The number of thioether (sulfide) groups is 1. The van der Waals surface area contributed by atoms with Crippen LogP contribution in [0.1, 0.15) is 41.5 Å².